The van der Waals surface area contributed by atoms with Crippen molar-refractivity contribution in [3.8, 4) is 0 Å². The van der Waals surface area contributed by atoms with E-state index in [4.69, 9.17) is 0 Å². The van der Waals surface area contributed by atoms with E-state index in [-0.39, 0.29) is 0 Å². The van der Waals surface area contributed by atoms with Crippen LogP contribution in [0.3, 0.4) is 0 Å². The Morgan fingerprint density at radius 3 is 3.46 bits per heavy atom. The highest BCUT2D eigenvalue weighted by molar-refractivity contribution is 7.98. The summed E-state index contributed by atoms with van der Waals surface area (Å²) in [5, 5.41) is 5.82. The molecule has 1 N–H and O–H groups in total. The highest BCUT2D eigenvalue weighted by Crippen LogP contribution is 2.29. The van der Waals surface area contributed by atoms with Crippen molar-refractivity contribution < 1.29 is 0 Å². The Morgan fingerprint density at radius 2 is 2.62 bits per heavy atom. The zero-order chi connectivity index (χ0) is 9.10. The molecule has 0 spiro atoms. The number of hydrogen-bond acceptors (Lipinski definition) is 3. The summed E-state index contributed by atoms with van der Waals surface area (Å²) in [4.78, 5) is 1.60. The smallest absolute Gasteiger partial charge is 0.0339 e. The van der Waals surface area contributed by atoms with Crippen molar-refractivity contribution in [1.82, 2.24) is 5.32 Å². The Morgan fingerprint density at radius 1 is 1.69 bits per heavy atom. The number of hydrogen-bond donors (Lipinski definition) is 1. The summed E-state index contributed by atoms with van der Waals surface area (Å²) >= 11 is 3.85. The van der Waals surface area contributed by atoms with Crippen molar-refractivity contribution in [2.24, 2.45) is 0 Å². The van der Waals surface area contributed by atoms with Crippen molar-refractivity contribution in [2.45, 2.75) is 18.9 Å². The first-order valence-corrected chi connectivity index (χ1v) is 6.97. The monoisotopic (exact) mass is 213 g/mol. The van der Waals surface area contributed by atoms with Crippen molar-refractivity contribution >= 4 is 23.1 Å². The molecule has 13 heavy (non-hydrogen) atoms. The minimum atomic E-state index is 0.627. The van der Waals surface area contributed by atoms with Gasteiger partial charge in [-0.25, -0.2) is 0 Å². The molecular formula is C10H15NS2. The molecule has 0 aromatic carbocycles. The van der Waals surface area contributed by atoms with Gasteiger partial charge in [-0.2, -0.15) is 11.8 Å². The lowest BCUT2D eigenvalue weighted by Gasteiger charge is -2.23. The van der Waals surface area contributed by atoms with Gasteiger partial charge in [0.15, 0.2) is 0 Å². The normalized spacial score (nSPS) is 21.5. The summed E-state index contributed by atoms with van der Waals surface area (Å²) in [7, 11) is 0. The fraction of sp³-hybridized carbons (Fsp3) is 0.600. The highest BCUT2D eigenvalue weighted by Gasteiger charge is 2.19. The lowest BCUT2D eigenvalue weighted by molar-refractivity contribution is 0.501. The maximum Gasteiger partial charge on any atom is 0.0339 e. The summed E-state index contributed by atoms with van der Waals surface area (Å²) in [6.07, 6.45) is 4.67. The van der Waals surface area contributed by atoms with Crippen LogP contribution in [0.4, 0.5) is 0 Å². The summed E-state index contributed by atoms with van der Waals surface area (Å²) < 4.78 is 0. The number of thiophene rings is 1. The second-order valence-electron chi connectivity index (χ2n) is 3.34. The van der Waals surface area contributed by atoms with Crippen LogP contribution in [0, 0.1) is 0 Å². The van der Waals surface area contributed by atoms with Gasteiger partial charge in [0.1, 0.15) is 0 Å². The number of fused-ring (bicyclic) bond motifs is 1. The van der Waals surface area contributed by atoms with Gasteiger partial charge in [-0.05, 0) is 41.9 Å². The molecule has 1 aromatic heterocycles. The first kappa shape index (κ1) is 9.56. The summed E-state index contributed by atoms with van der Waals surface area (Å²) in [5.41, 5.74) is 1.56. The molecule has 0 bridgehead atoms. The van der Waals surface area contributed by atoms with Gasteiger partial charge in [0.25, 0.3) is 0 Å². The van der Waals surface area contributed by atoms with Crippen LogP contribution >= 0.6 is 23.1 Å². The predicted molar refractivity (Wildman–Crippen MR) is 61.8 cm³/mol. The number of nitrogens with one attached hydrogen (secondary N) is 1. The van der Waals surface area contributed by atoms with E-state index in [9.17, 15) is 0 Å². The molecular weight excluding hydrogens is 198 g/mol. The average molecular weight is 213 g/mol. The van der Waals surface area contributed by atoms with E-state index in [0.29, 0.717) is 6.04 Å². The molecule has 72 valence electrons. The van der Waals surface area contributed by atoms with Crippen LogP contribution in [0.5, 0.6) is 0 Å². The van der Waals surface area contributed by atoms with Gasteiger partial charge in [-0.1, -0.05) is 0 Å². The Balaban J connectivity index is 2.07. The Bertz CT molecular complexity index is 270. The average Bonchev–Trinajstić information content (AvgIpc) is 2.62. The van der Waals surface area contributed by atoms with E-state index in [2.05, 4.69) is 23.0 Å². The molecule has 1 atom stereocenters. The van der Waals surface area contributed by atoms with Crippen molar-refractivity contribution in [2.75, 3.05) is 18.6 Å². The molecule has 1 aliphatic heterocycles. The molecule has 2 rings (SSSR count). The minimum Gasteiger partial charge on any atom is -0.310 e. The van der Waals surface area contributed by atoms with E-state index in [1.165, 1.54) is 18.6 Å². The second kappa shape index (κ2) is 4.49. The third-order valence-electron chi connectivity index (χ3n) is 2.51. The van der Waals surface area contributed by atoms with Crippen LogP contribution in [-0.2, 0) is 6.42 Å². The molecule has 0 fully saturated rings. The van der Waals surface area contributed by atoms with Crippen LogP contribution in [-0.4, -0.2) is 18.6 Å². The van der Waals surface area contributed by atoms with Crippen molar-refractivity contribution in [3.63, 3.8) is 0 Å². The third-order valence-corrected chi connectivity index (χ3v) is 4.15. The Hall–Kier alpha value is 0.0100. The van der Waals surface area contributed by atoms with Gasteiger partial charge < -0.3 is 5.32 Å². The minimum absolute atomic E-state index is 0.627. The number of thioether (sulfide) groups is 1. The van der Waals surface area contributed by atoms with Gasteiger partial charge in [0, 0.05) is 17.5 Å². The third kappa shape index (κ3) is 2.09. The van der Waals surface area contributed by atoms with Gasteiger partial charge in [0.2, 0.25) is 0 Å². The zero-order valence-corrected chi connectivity index (χ0v) is 9.51. The largest absolute Gasteiger partial charge is 0.310 e. The SMILES string of the molecule is CSCCC1NCCc2sccc21. The van der Waals surface area contributed by atoms with E-state index in [1.54, 1.807) is 10.4 Å². The molecule has 1 nitrogen and oxygen atoms in total. The molecule has 0 aliphatic carbocycles. The van der Waals surface area contributed by atoms with E-state index in [0.717, 1.165) is 6.54 Å². The fourth-order valence-electron chi connectivity index (χ4n) is 1.83. The topological polar surface area (TPSA) is 12.0 Å². The van der Waals surface area contributed by atoms with E-state index < -0.39 is 0 Å². The number of rotatable bonds is 3. The van der Waals surface area contributed by atoms with Crippen LogP contribution < -0.4 is 5.32 Å². The first-order valence-electron chi connectivity index (χ1n) is 4.70. The van der Waals surface area contributed by atoms with Gasteiger partial charge in [-0.15, -0.1) is 11.3 Å². The van der Waals surface area contributed by atoms with E-state index in [1.807, 2.05) is 23.1 Å². The molecule has 2 heterocycles. The molecule has 0 saturated carbocycles. The lowest BCUT2D eigenvalue weighted by Crippen LogP contribution is -2.28. The highest BCUT2D eigenvalue weighted by atomic mass is 32.2. The van der Waals surface area contributed by atoms with Crippen LogP contribution in [0.1, 0.15) is 22.9 Å². The van der Waals surface area contributed by atoms with Gasteiger partial charge in [-0.3, -0.25) is 0 Å². The summed E-state index contributed by atoms with van der Waals surface area (Å²) in [6.45, 7) is 1.16. The van der Waals surface area contributed by atoms with Crippen LogP contribution in [0.15, 0.2) is 11.4 Å². The quantitative estimate of drug-likeness (QED) is 0.828. The summed E-state index contributed by atoms with van der Waals surface area (Å²) in [6, 6.07) is 2.92. The van der Waals surface area contributed by atoms with Crippen LogP contribution in [0.2, 0.25) is 0 Å². The fourth-order valence-corrected chi connectivity index (χ4v) is 3.24. The zero-order valence-electron chi connectivity index (χ0n) is 7.88. The molecule has 1 unspecified atom stereocenters. The van der Waals surface area contributed by atoms with Gasteiger partial charge in [0.05, 0.1) is 0 Å². The Labute approximate surface area is 87.9 Å². The maximum absolute atomic E-state index is 3.59. The second-order valence-corrected chi connectivity index (χ2v) is 5.32. The predicted octanol–water partition coefficient (Wildman–Crippen LogP) is 2.69. The van der Waals surface area contributed by atoms with Crippen LogP contribution in [0.25, 0.3) is 0 Å². The molecule has 3 heteroatoms. The molecule has 1 aliphatic rings. The molecule has 0 amide bonds. The maximum atomic E-state index is 3.59. The Kier molecular flexibility index (Phi) is 3.30. The van der Waals surface area contributed by atoms with Gasteiger partial charge >= 0.3 is 0 Å². The first-order chi connectivity index (χ1) is 6.42. The van der Waals surface area contributed by atoms with E-state index >= 15 is 0 Å². The van der Waals surface area contributed by atoms with Crippen molar-refractivity contribution in [3.05, 3.63) is 21.9 Å². The standard InChI is InChI=1S/C10H15NS2/c1-12-6-4-9-8-3-7-13-10(8)2-5-11-9/h3,7,9,11H,2,4-6H2,1H3. The molecule has 1 aromatic rings. The van der Waals surface area contributed by atoms with Crippen molar-refractivity contribution in [1.29, 1.82) is 0 Å². The molecule has 0 radical (unpaired) electrons. The lowest BCUT2D eigenvalue weighted by atomic mass is 10.0. The summed E-state index contributed by atoms with van der Waals surface area (Å²) in [5.74, 6) is 1.26. The molecule has 0 saturated heterocycles.